The van der Waals surface area contributed by atoms with Crippen LogP contribution in [0.2, 0.25) is 0 Å². The first kappa shape index (κ1) is 22.8. The van der Waals surface area contributed by atoms with E-state index in [1.54, 1.807) is 11.3 Å². The third-order valence-electron chi connectivity index (χ3n) is 5.21. The standard InChI is InChI=1S/C23H33N7S/c1-4-30(20-10-6-5-7-11-20)16-9-14-24-23(25-15-13-21-12-8-17-31-21)26-18-22-28-27-19(2)29(22)3/h5-8,10-12,17H,4,9,13-16,18H2,1-3H3,(H2,24,25,26). The van der Waals surface area contributed by atoms with Gasteiger partial charge in [-0.25, -0.2) is 4.99 Å². The second-order valence-electron chi connectivity index (χ2n) is 7.34. The molecule has 0 aliphatic carbocycles. The number of aromatic nitrogens is 3. The van der Waals surface area contributed by atoms with E-state index in [-0.39, 0.29) is 0 Å². The minimum atomic E-state index is 0.497. The predicted octanol–water partition coefficient (Wildman–Crippen LogP) is 3.38. The van der Waals surface area contributed by atoms with Crippen LogP contribution in [-0.2, 0) is 20.0 Å². The third-order valence-corrected chi connectivity index (χ3v) is 6.14. The van der Waals surface area contributed by atoms with Crippen LogP contribution in [0.3, 0.4) is 0 Å². The summed E-state index contributed by atoms with van der Waals surface area (Å²) in [6.07, 6.45) is 2.01. The number of nitrogens with zero attached hydrogens (tertiary/aromatic N) is 5. The Kier molecular flexibility index (Phi) is 8.90. The molecule has 3 aromatic rings. The Morgan fingerprint density at radius 3 is 2.58 bits per heavy atom. The van der Waals surface area contributed by atoms with E-state index in [4.69, 9.17) is 4.99 Å². The molecule has 2 N–H and O–H groups in total. The van der Waals surface area contributed by atoms with Crippen molar-refractivity contribution in [1.29, 1.82) is 0 Å². The molecule has 0 aliphatic heterocycles. The van der Waals surface area contributed by atoms with Gasteiger partial charge in [0.25, 0.3) is 0 Å². The van der Waals surface area contributed by atoms with Crippen LogP contribution in [-0.4, -0.2) is 46.9 Å². The summed E-state index contributed by atoms with van der Waals surface area (Å²) in [6.45, 7) is 8.33. The Labute approximate surface area is 189 Å². The molecule has 31 heavy (non-hydrogen) atoms. The molecule has 7 nitrogen and oxygen atoms in total. The number of nitrogens with one attached hydrogen (secondary N) is 2. The van der Waals surface area contributed by atoms with Crippen LogP contribution >= 0.6 is 11.3 Å². The predicted molar refractivity (Wildman–Crippen MR) is 130 cm³/mol. The number of guanidine groups is 1. The van der Waals surface area contributed by atoms with Crippen molar-refractivity contribution in [3.63, 3.8) is 0 Å². The van der Waals surface area contributed by atoms with Crippen LogP contribution in [0.25, 0.3) is 0 Å². The summed E-state index contributed by atoms with van der Waals surface area (Å²) in [7, 11) is 1.97. The Hall–Kier alpha value is -2.87. The first-order valence-corrected chi connectivity index (χ1v) is 11.7. The van der Waals surface area contributed by atoms with E-state index >= 15 is 0 Å². The maximum Gasteiger partial charge on any atom is 0.191 e. The lowest BCUT2D eigenvalue weighted by Crippen LogP contribution is -2.40. The number of thiophene rings is 1. The van der Waals surface area contributed by atoms with Crippen LogP contribution in [0.15, 0.2) is 52.8 Å². The quantitative estimate of drug-likeness (QED) is 0.272. The molecule has 0 bridgehead atoms. The summed E-state index contributed by atoms with van der Waals surface area (Å²) in [5.74, 6) is 2.57. The van der Waals surface area contributed by atoms with Crippen molar-refractivity contribution in [2.45, 2.75) is 33.2 Å². The topological polar surface area (TPSA) is 70.4 Å². The number of para-hydroxylation sites is 1. The van der Waals surface area contributed by atoms with E-state index in [0.29, 0.717) is 6.54 Å². The molecular weight excluding hydrogens is 406 g/mol. The van der Waals surface area contributed by atoms with Crippen LogP contribution in [0.4, 0.5) is 5.69 Å². The minimum Gasteiger partial charge on any atom is -0.372 e. The molecule has 2 aromatic heterocycles. The van der Waals surface area contributed by atoms with E-state index in [1.807, 2.05) is 18.5 Å². The molecule has 0 atom stereocenters. The fraction of sp³-hybridized carbons (Fsp3) is 0.435. The molecule has 0 fully saturated rings. The first-order chi connectivity index (χ1) is 15.2. The van der Waals surface area contributed by atoms with E-state index in [2.05, 4.69) is 80.5 Å². The molecule has 0 radical (unpaired) electrons. The zero-order valence-electron chi connectivity index (χ0n) is 18.7. The molecule has 0 saturated heterocycles. The maximum atomic E-state index is 4.74. The monoisotopic (exact) mass is 439 g/mol. The summed E-state index contributed by atoms with van der Waals surface area (Å²) < 4.78 is 1.98. The SMILES string of the molecule is CCN(CCCNC(=NCc1nnc(C)n1C)NCCc1cccs1)c1ccccc1. The van der Waals surface area contributed by atoms with Gasteiger partial charge in [0.1, 0.15) is 12.4 Å². The summed E-state index contributed by atoms with van der Waals surface area (Å²) in [5, 5.41) is 17.4. The highest BCUT2D eigenvalue weighted by Crippen LogP contribution is 2.12. The molecule has 0 aliphatic rings. The Morgan fingerprint density at radius 2 is 1.90 bits per heavy atom. The van der Waals surface area contributed by atoms with Gasteiger partial charge in [-0.05, 0) is 50.3 Å². The smallest absolute Gasteiger partial charge is 0.191 e. The number of anilines is 1. The Bertz CT molecular complexity index is 919. The van der Waals surface area contributed by atoms with Crippen molar-refractivity contribution in [2.75, 3.05) is 31.1 Å². The first-order valence-electron chi connectivity index (χ1n) is 10.9. The van der Waals surface area contributed by atoms with Gasteiger partial charge in [0.2, 0.25) is 0 Å². The number of aliphatic imine (C=N–C) groups is 1. The second kappa shape index (κ2) is 12.1. The molecular formula is C23H33N7S. The number of hydrogen-bond donors (Lipinski definition) is 2. The van der Waals surface area contributed by atoms with Crippen LogP contribution in [0, 0.1) is 6.92 Å². The average molecular weight is 440 g/mol. The molecule has 1 aromatic carbocycles. The van der Waals surface area contributed by atoms with Gasteiger partial charge in [-0.15, -0.1) is 21.5 Å². The highest BCUT2D eigenvalue weighted by Gasteiger charge is 2.07. The van der Waals surface area contributed by atoms with Crippen molar-refractivity contribution in [1.82, 2.24) is 25.4 Å². The van der Waals surface area contributed by atoms with E-state index in [1.165, 1.54) is 10.6 Å². The van der Waals surface area contributed by atoms with Crippen molar-refractivity contribution >= 4 is 23.0 Å². The zero-order chi connectivity index (χ0) is 21.9. The van der Waals surface area contributed by atoms with Crippen molar-refractivity contribution < 1.29 is 0 Å². The molecule has 8 heteroatoms. The number of benzene rings is 1. The third kappa shape index (κ3) is 7.10. The van der Waals surface area contributed by atoms with Gasteiger partial charge in [0.15, 0.2) is 11.8 Å². The lowest BCUT2D eigenvalue weighted by atomic mass is 10.2. The van der Waals surface area contributed by atoms with Gasteiger partial charge < -0.3 is 20.1 Å². The van der Waals surface area contributed by atoms with Gasteiger partial charge in [-0.1, -0.05) is 24.3 Å². The van der Waals surface area contributed by atoms with Gasteiger partial charge >= 0.3 is 0 Å². The highest BCUT2D eigenvalue weighted by atomic mass is 32.1. The molecule has 0 amide bonds. The average Bonchev–Trinajstić information content (AvgIpc) is 3.42. The van der Waals surface area contributed by atoms with Gasteiger partial charge in [0.05, 0.1) is 0 Å². The molecule has 0 unspecified atom stereocenters. The molecule has 2 heterocycles. The molecule has 166 valence electrons. The van der Waals surface area contributed by atoms with Crippen molar-refractivity contribution in [3.05, 3.63) is 64.4 Å². The van der Waals surface area contributed by atoms with E-state index < -0.39 is 0 Å². The maximum absolute atomic E-state index is 4.74. The van der Waals surface area contributed by atoms with Crippen molar-refractivity contribution in [2.24, 2.45) is 12.0 Å². The number of aryl methyl sites for hydroxylation is 1. The van der Waals surface area contributed by atoms with Crippen LogP contribution < -0.4 is 15.5 Å². The van der Waals surface area contributed by atoms with Crippen LogP contribution in [0.1, 0.15) is 29.9 Å². The van der Waals surface area contributed by atoms with E-state index in [0.717, 1.165) is 56.6 Å². The Morgan fingerprint density at radius 1 is 1.10 bits per heavy atom. The lowest BCUT2D eigenvalue weighted by Gasteiger charge is -2.23. The van der Waals surface area contributed by atoms with Crippen molar-refractivity contribution in [3.8, 4) is 0 Å². The number of hydrogen-bond acceptors (Lipinski definition) is 5. The number of rotatable bonds is 11. The van der Waals surface area contributed by atoms with Gasteiger partial charge in [-0.3, -0.25) is 0 Å². The van der Waals surface area contributed by atoms with Gasteiger partial charge in [-0.2, -0.15) is 0 Å². The molecule has 0 spiro atoms. The minimum absolute atomic E-state index is 0.497. The fourth-order valence-electron chi connectivity index (χ4n) is 3.26. The summed E-state index contributed by atoms with van der Waals surface area (Å²) in [5.41, 5.74) is 1.27. The van der Waals surface area contributed by atoms with Gasteiger partial charge in [0, 0.05) is 43.8 Å². The second-order valence-corrected chi connectivity index (χ2v) is 8.37. The summed E-state index contributed by atoms with van der Waals surface area (Å²) >= 11 is 1.79. The largest absolute Gasteiger partial charge is 0.372 e. The van der Waals surface area contributed by atoms with E-state index in [9.17, 15) is 0 Å². The summed E-state index contributed by atoms with van der Waals surface area (Å²) in [4.78, 5) is 8.51. The highest BCUT2D eigenvalue weighted by molar-refractivity contribution is 7.09. The normalized spacial score (nSPS) is 11.5. The lowest BCUT2D eigenvalue weighted by molar-refractivity contribution is 0.701. The summed E-state index contributed by atoms with van der Waals surface area (Å²) in [6, 6.07) is 14.8. The molecule has 0 saturated carbocycles. The Balaban J connectivity index is 1.52. The fourth-order valence-corrected chi connectivity index (χ4v) is 3.97. The van der Waals surface area contributed by atoms with Crippen LogP contribution in [0.5, 0.6) is 0 Å². The zero-order valence-corrected chi connectivity index (χ0v) is 19.5. The molecule has 3 rings (SSSR count).